The minimum absolute atomic E-state index is 0.325. The molecule has 0 spiro atoms. The van der Waals surface area contributed by atoms with Crippen LogP contribution in [0.1, 0.15) is 13.8 Å². The van der Waals surface area contributed by atoms with Crippen molar-refractivity contribution in [3.63, 3.8) is 0 Å². The molecule has 2 unspecified atom stereocenters. The summed E-state index contributed by atoms with van der Waals surface area (Å²) in [5, 5.41) is 18.2. The lowest BCUT2D eigenvalue weighted by Gasteiger charge is -2.20. The predicted molar refractivity (Wildman–Crippen MR) is 63.6 cm³/mol. The second-order valence-corrected chi connectivity index (χ2v) is 3.36. The molecule has 18 heavy (non-hydrogen) atoms. The van der Waals surface area contributed by atoms with Crippen LogP contribution in [0.3, 0.4) is 0 Å². The van der Waals surface area contributed by atoms with Gasteiger partial charge < -0.3 is 19.7 Å². The van der Waals surface area contributed by atoms with Gasteiger partial charge in [0.25, 0.3) is 0 Å². The van der Waals surface area contributed by atoms with E-state index >= 15 is 0 Å². The Balaban J connectivity index is 4.40. The molecule has 0 rings (SSSR count). The molecule has 0 fully saturated rings. The zero-order valence-electron chi connectivity index (χ0n) is 10.4. The van der Waals surface area contributed by atoms with Crippen molar-refractivity contribution >= 4 is 11.9 Å². The van der Waals surface area contributed by atoms with E-state index in [0.717, 1.165) is 6.08 Å². The first-order valence-electron chi connectivity index (χ1n) is 5.46. The van der Waals surface area contributed by atoms with E-state index in [1.54, 1.807) is 13.8 Å². The van der Waals surface area contributed by atoms with E-state index in [0.29, 0.717) is 0 Å². The van der Waals surface area contributed by atoms with Crippen LogP contribution < -0.4 is 0 Å². The molecule has 2 atom stereocenters. The summed E-state index contributed by atoms with van der Waals surface area (Å²) in [6.07, 6.45) is 2.90. The molecule has 0 heterocycles. The predicted octanol–water partition coefficient (Wildman–Crippen LogP) is -0.0532. The molecular weight excluding hydrogens is 240 g/mol. The highest BCUT2D eigenvalue weighted by Gasteiger charge is 2.23. The zero-order valence-corrected chi connectivity index (χ0v) is 10.4. The van der Waals surface area contributed by atoms with Crippen molar-refractivity contribution in [2.75, 3.05) is 13.2 Å². The maximum absolute atomic E-state index is 11.2. The Labute approximate surface area is 106 Å². The Kier molecular flexibility index (Phi) is 8.51. The largest absolute Gasteiger partial charge is 0.458 e. The van der Waals surface area contributed by atoms with E-state index in [-0.39, 0.29) is 6.61 Å². The zero-order chi connectivity index (χ0) is 14.0. The summed E-state index contributed by atoms with van der Waals surface area (Å²) in [6.45, 7) is 2.35. The maximum Gasteiger partial charge on any atom is 0.330 e. The van der Waals surface area contributed by atoms with Crippen molar-refractivity contribution in [3.05, 3.63) is 24.3 Å². The van der Waals surface area contributed by atoms with Crippen LogP contribution in [0.4, 0.5) is 0 Å². The number of carbonyl (C=O) groups is 2. The van der Waals surface area contributed by atoms with E-state index < -0.39 is 30.8 Å². The minimum atomic E-state index is -1.31. The van der Waals surface area contributed by atoms with Gasteiger partial charge in [-0.3, -0.25) is 0 Å². The van der Waals surface area contributed by atoms with Gasteiger partial charge in [-0.2, -0.15) is 0 Å². The molecule has 0 saturated carbocycles. The molecule has 0 saturated heterocycles. The normalized spacial score (nSPS) is 14.7. The third kappa shape index (κ3) is 6.82. The second-order valence-electron chi connectivity index (χ2n) is 3.36. The SMILES string of the molecule is C/C=C/C(=O)OCC(OC(=O)/C=C/C)C(O)CO. The quantitative estimate of drug-likeness (QED) is 0.491. The average Bonchev–Trinajstić information content (AvgIpc) is 2.34. The summed E-state index contributed by atoms with van der Waals surface area (Å²) in [4.78, 5) is 22.3. The molecule has 0 aliphatic heterocycles. The number of carbonyl (C=O) groups excluding carboxylic acids is 2. The molecular formula is C12H18O6. The molecule has 0 aromatic carbocycles. The van der Waals surface area contributed by atoms with E-state index in [9.17, 15) is 14.7 Å². The van der Waals surface area contributed by atoms with Gasteiger partial charge in [0.15, 0.2) is 6.10 Å². The number of allylic oxidation sites excluding steroid dienone is 2. The third-order valence-electron chi connectivity index (χ3n) is 1.88. The van der Waals surface area contributed by atoms with Gasteiger partial charge in [0.05, 0.1) is 6.61 Å². The van der Waals surface area contributed by atoms with E-state index in [4.69, 9.17) is 14.6 Å². The van der Waals surface area contributed by atoms with Gasteiger partial charge in [-0.15, -0.1) is 0 Å². The van der Waals surface area contributed by atoms with Crippen LogP contribution >= 0.6 is 0 Å². The molecule has 6 heteroatoms. The molecule has 0 aromatic heterocycles. The van der Waals surface area contributed by atoms with Crippen molar-refractivity contribution in [1.29, 1.82) is 0 Å². The fourth-order valence-corrected chi connectivity index (χ4v) is 1.01. The van der Waals surface area contributed by atoms with Gasteiger partial charge in [0, 0.05) is 12.2 Å². The lowest BCUT2D eigenvalue weighted by atomic mass is 10.2. The fraction of sp³-hybridized carbons (Fsp3) is 0.500. The summed E-state index contributed by atoms with van der Waals surface area (Å²) in [6, 6.07) is 0. The topological polar surface area (TPSA) is 93.1 Å². The lowest BCUT2D eigenvalue weighted by Crippen LogP contribution is -2.38. The first-order valence-corrected chi connectivity index (χ1v) is 5.46. The first kappa shape index (κ1) is 16.3. The van der Waals surface area contributed by atoms with Crippen molar-refractivity contribution < 1.29 is 29.3 Å². The highest BCUT2D eigenvalue weighted by Crippen LogP contribution is 2.02. The standard InChI is InChI=1S/C12H18O6/c1-3-5-11(15)17-8-10(9(14)7-13)18-12(16)6-4-2/h3-6,9-10,13-14H,7-8H2,1-2H3/b5-3+,6-4+. The van der Waals surface area contributed by atoms with Crippen LogP contribution in [0.5, 0.6) is 0 Å². The molecule has 102 valence electrons. The van der Waals surface area contributed by atoms with Gasteiger partial charge in [-0.1, -0.05) is 12.2 Å². The van der Waals surface area contributed by atoms with Crippen molar-refractivity contribution in [1.82, 2.24) is 0 Å². The van der Waals surface area contributed by atoms with Crippen LogP contribution in [-0.4, -0.2) is 47.6 Å². The monoisotopic (exact) mass is 258 g/mol. The number of rotatable bonds is 7. The number of ether oxygens (including phenoxy) is 2. The number of aliphatic hydroxyl groups excluding tert-OH is 2. The minimum Gasteiger partial charge on any atom is -0.458 e. The molecule has 6 nitrogen and oxygen atoms in total. The summed E-state index contributed by atoms with van der Waals surface area (Å²) in [5.74, 6) is -1.30. The highest BCUT2D eigenvalue weighted by atomic mass is 16.6. The number of hydrogen-bond donors (Lipinski definition) is 2. The van der Waals surface area contributed by atoms with Crippen LogP contribution in [0.2, 0.25) is 0 Å². The van der Waals surface area contributed by atoms with Crippen LogP contribution in [0.15, 0.2) is 24.3 Å². The average molecular weight is 258 g/mol. The Hall–Kier alpha value is -1.66. The summed E-state index contributed by atoms with van der Waals surface area (Å²) >= 11 is 0. The van der Waals surface area contributed by atoms with Crippen LogP contribution in [0.25, 0.3) is 0 Å². The molecule has 2 N–H and O–H groups in total. The molecule has 0 amide bonds. The molecule has 0 aliphatic rings. The van der Waals surface area contributed by atoms with Gasteiger partial charge in [0.1, 0.15) is 12.7 Å². The van der Waals surface area contributed by atoms with Crippen molar-refractivity contribution in [2.45, 2.75) is 26.1 Å². The molecule has 0 aromatic rings. The van der Waals surface area contributed by atoms with Gasteiger partial charge in [0.2, 0.25) is 0 Å². The smallest absolute Gasteiger partial charge is 0.330 e. The van der Waals surface area contributed by atoms with Gasteiger partial charge in [-0.05, 0) is 13.8 Å². The van der Waals surface area contributed by atoms with Gasteiger partial charge >= 0.3 is 11.9 Å². The summed E-state index contributed by atoms with van der Waals surface area (Å²) < 4.78 is 9.58. The van der Waals surface area contributed by atoms with E-state index in [1.165, 1.54) is 18.2 Å². The molecule has 0 aliphatic carbocycles. The van der Waals surface area contributed by atoms with E-state index in [1.807, 2.05) is 0 Å². The Morgan fingerprint density at radius 3 is 2.22 bits per heavy atom. The lowest BCUT2D eigenvalue weighted by molar-refractivity contribution is -0.161. The molecule has 0 radical (unpaired) electrons. The number of aliphatic hydroxyl groups is 2. The summed E-state index contributed by atoms with van der Waals surface area (Å²) in [7, 11) is 0. The van der Waals surface area contributed by atoms with Crippen LogP contribution in [0, 0.1) is 0 Å². The Morgan fingerprint density at radius 2 is 1.72 bits per heavy atom. The van der Waals surface area contributed by atoms with Crippen molar-refractivity contribution in [3.8, 4) is 0 Å². The third-order valence-corrected chi connectivity index (χ3v) is 1.88. The Bertz CT molecular complexity index is 321. The fourth-order valence-electron chi connectivity index (χ4n) is 1.01. The summed E-state index contributed by atoms with van der Waals surface area (Å²) in [5.41, 5.74) is 0. The van der Waals surface area contributed by atoms with E-state index in [2.05, 4.69) is 0 Å². The highest BCUT2D eigenvalue weighted by molar-refractivity contribution is 5.82. The molecule has 0 bridgehead atoms. The Morgan fingerprint density at radius 1 is 1.17 bits per heavy atom. The van der Waals surface area contributed by atoms with Crippen molar-refractivity contribution in [2.24, 2.45) is 0 Å². The number of esters is 2. The maximum atomic E-state index is 11.2. The van der Waals surface area contributed by atoms with Crippen LogP contribution in [-0.2, 0) is 19.1 Å². The second kappa shape index (κ2) is 9.38. The van der Waals surface area contributed by atoms with Gasteiger partial charge in [-0.25, -0.2) is 9.59 Å². The first-order chi connectivity index (χ1) is 8.54. The number of hydrogen-bond acceptors (Lipinski definition) is 6.